The number of phenols is 1. The SMILES string of the molecule is COc1ccc(C(CC=O)c2cc(O)c(OC)c(OC)c2)cc1OCc1ccccc1. The van der Waals surface area contributed by atoms with Gasteiger partial charge in [-0.3, -0.25) is 0 Å². The van der Waals surface area contributed by atoms with Crippen molar-refractivity contribution in [1.82, 2.24) is 0 Å². The molecule has 0 aliphatic heterocycles. The summed E-state index contributed by atoms with van der Waals surface area (Å²) in [5.74, 6) is 1.44. The largest absolute Gasteiger partial charge is 0.504 e. The van der Waals surface area contributed by atoms with E-state index in [-0.39, 0.29) is 23.8 Å². The second kappa shape index (κ2) is 10.4. The number of rotatable bonds is 10. The molecule has 3 rings (SSSR count). The maximum atomic E-state index is 11.5. The lowest BCUT2D eigenvalue weighted by Crippen LogP contribution is -2.05. The number of aromatic hydroxyl groups is 1. The predicted octanol–water partition coefficient (Wildman–Crippen LogP) is 4.72. The Labute approximate surface area is 182 Å². The minimum atomic E-state index is -0.312. The molecule has 0 aliphatic rings. The Hall–Kier alpha value is -3.67. The van der Waals surface area contributed by atoms with E-state index in [9.17, 15) is 9.90 Å². The number of carbonyl (C=O) groups is 1. The Morgan fingerprint density at radius 3 is 2.19 bits per heavy atom. The number of benzene rings is 3. The third kappa shape index (κ3) is 5.09. The maximum Gasteiger partial charge on any atom is 0.203 e. The average Bonchev–Trinajstić information content (AvgIpc) is 2.81. The summed E-state index contributed by atoms with van der Waals surface area (Å²) in [5.41, 5.74) is 2.60. The van der Waals surface area contributed by atoms with Crippen molar-refractivity contribution in [2.45, 2.75) is 18.9 Å². The highest BCUT2D eigenvalue weighted by atomic mass is 16.5. The Bertz CT molecular complexity index is 1020. The zero-order valence-electron chi connectivity index (χ0n) is 17.8. The number of carbonyl (C=O) groups excluding carboxylic acids is 1. The Morgan fingerprint density at radius 1 is 0.839 bits per heavy atom. The molecule has 0 radical (unpaired) electrons. The van der Waals surface area contributed by atoms with Crippen LogP contribution < -0.4 is 18.9 Å². The zero-order chi connectivity index (χ0) is 22.2. The van der Waals surface area contributed by atoms with Crippen LogP contribution in [0.4, 0.5) is 0 Å². The van der Waals surface area contributed by atoms with E-state index in [1.165, 1.54) is 14.2 Å². The number of phenolic OH excluding ortho intramolecular Hbond substituents is 1. The Balaban J connectivity index is 1.97. The van der Waals surface area contributed by atoms with Crippen molar-refractivity contribution < 1.29 is 28.8 Å². The van der Waals surface area contributed by atoms with Gasteiger partial charge in [0.25, 0.3) is 0 Å². The number of hydrogen-bond donors (Lipinski definition) is 1. The number of methoxy groups -OCH3 is 3. The third-order valence-electron chi connectivity index (χ3n) is 5.04. The fraction of sp³-hybridized carbons (Fsp3) is 0.240. The summed E-state index contributed by atoms with van der Waals surface area (Å²) < 4.78 is 22.0. The summed E-state index contributed by atoms with van der Waals surface area (Å²) in [4.78, 5) is 11.5. The smallest absolute Gasteiger partial charge is 0.203 e. The molecule has 0 aromatic heterocycles. The topological polar surface area (TPSA) is 74.2 Å². The molecular formula is C25H26O6. The molecule has 6 nitrogen and oxygen atoms in total. The van der Waals surface area contributed by atoms with Gasteiger partial charge in [0.15, 0.2) is 23.0 Å². The molecule has 0 bridgehead atoms. The van der Waals surface area contributed by atoms with Crippen LogP contribution in [0.15, 0.2) is 60.7 Å². The molecule has 6 heteroatoms. The highest BCUT2D eigenvalue weighted by molar-refractivity contribution is 5.59. The first-order chi connectivity index (χ1) is 15.1. The fourth-order valence-electron chi connectivity index (χ4n) is 3.49. The summed E-state index contributed by atoms with van der Waals surface area (Å²) in [7, 11) is 4.54. The lowest BCUT2D eigenvalue weighted by atomic mass is 9.88. The molecular weight excluding hydrogens is 396 g/mol. The monoisotopic (exact) mass is 422 g/mol. The minimum absolute atomic E-state index is 0.0539. The summed E-state index contributed by atoms with van der Waals surface area (Å²) in [6.07, 6.45) is 1.08. The van der Waals surface area contributed by atoms with Gasteiger partial charge in [-0.15, -0.1) is 0 Å². The molecule has 0 amide bonds. The normalized spacial score (nSPS) is 11.5. The van der Waals surface area contributed by atoms with Crippen molar-refractivity contribution in [2.75, 3.05) is 21.3 Å². The van der Waals surface area contributed by atoms with Gasteiger partial charge in [-0.05, 0) is 41.0 Å². The fourth-order valence-corrected chi connectivity index (χ4v) is 3.49. The molecule has 1 unspecified atom stereocenters. The van der Waals surface area contributed by atoms with E-state index >= 15 is 0 Å². The van der Waals surface area contributed by atoms with Gasteiger partial charge in [-0.2, -0.15) is 0 Å². The lowest BCUT2D eigenvalue weighted by molar-refractivity contribution is -0.108. The van der Waals surface area contributed by atoms with Gasteiger partial charge < -0.3 is 28.8 Å². The van der Waals surface area contributed by atoms with Gasteiger partial charge in [0, 0.05) is 12.3 Å². The van der Waals surface area contributed by atoms with E-state index in [0.29, 0.717) is 23.9 Å². The molecule has 0 saturated carbocycles. The third-order valence-corrected chi connectivity index (χ3v) is 5.04. The van der Waals surface area contributed by atoms with Crippen molar-refractivity contribution in [3.63, 3.8) is 0 Å². The van der Waals surface area contributed by atoms with Crippen LogP contribution in [0.3, 0.4) is 0 Å². The second-order valence-electron chi connectivity index (χ2n) is 6.92. The van der Waals surface area contributed by atoms with Crippen molar-refractivity contribution in [3.05, 3.63) is 77.4 Å². The molecule has 0 spiro atoms. The van der Waals surface area contributed by atoms with Crippen LogP contribution >= 0.6 is 0 Å². The minimum Gasteiger partial charge on any atom is -0.504 e. The summed E-state index contributed by atoms with van der Waals surface area (Å²) in [5, 5.41) is 10.4. The first-order valence-electron chi connectivity index (χ1n) is 9.84. The second-order valence-corrected chi connectivity index (χ2v) is 6.92. The van der Waals surface area contributed by atoms with E-state index in [0.717, 1.165) is 23.0 Å². The highest BCUT2D eigenvalue weighted by Gasteiger charge is 2.21. The van der Waals surface area contributed by atoms with Crippen molar-refractivity contribution in [1.29, 1.82) is 0 Å². The standard InChI is InChI=1S/C25H26O6/c1-28-22-10-9-18(14-23(22)31-16-17-7-5-4-6-8-17)20(11-12-26)19-13-21(27)25(30-3)24(15-19)29-2/h4-10,12-15,20,27H,11,16H2,1-3H3. The van der Waals surface area contributed by atoms with Crippen molar-refractivity contribution in [2.24, 2.45) is 0 Å². The van der Waals surface area contributed by atoms with E-state index < -0.39 is 0 Å². The first-order valence-corrected chi connectivity index (χ1v) is 9.84. The molecule has 31 heavy (non-hydrogen) atoms. The highest BCUT2D eigenvalue weighted by Crippen LogP contribution is 2.42. The van der Waals surface area contributed by atoms with Crippen LogP contribution in [0.1, 0.15) is 29.0 Å². The molecule has 0 heterocycles. The van der Waals surface area contributed by atoms with Crippen molar-refractivity contribution in [3.8, 4) is 28.7 Å². The van der Waals surface area contributed by atoms with Crippen LogP contribution in [0.2, 0.25) is 0 Å². The summed E-state index contributed by atoms with van der Waals surface area (Å²) in [6, 6.07) is 18.7. The van der Waals surface area contributed by atoms with Gasteiger partial charge in [-0.1, -0.05) is 36.4 Å². The van der Waals surface area contributed by atoms with Crippen LogP contribution in [0.5, 0.6) is 28.7 Å². The van der Waals surface area contributed by atoms with E-state index in [1.807, 2.05) is 48.5 Å². The first kappa shape index (κ1) is 22.0. The van der Waals surface area contributed by atoms with Crippen LogP contribution in [0.25, 0.3) is 0 Å². The summed E-state index contributed by atoms with van der Waals surface area (Å²) >= 11 is 0. The zero-order valence-corrected chi connectivity index (χ0v) is 17.8. The van der Waals surface area contributed by atoms with Crippen LogP contribution in [0, 0.1) is 0 Å². The molecule has 1 N–H and O–H groups in total. The number of hydrogen-bond acceptors (Lipinski definition) is 6. The summed E-state index contributed by atoms with van der Waals surface area (Å²) in [6.45, 7) is 0.385. The lowest BCUT2D eigenvalue weighted by Gasteiger charge is -2.20. The molecule has 162 valence electrons. The van der Waals surface area contributed by atoms with Gasteiger partial charge in [-0.25, -0.2) is 0 Å². The maximum absolute atomic E-state index is 11.5. The van der Waals surface area contributed by atoms with E-state index in [2.05, 4.69) is 0 Å². The average molecular weight is 422 g/mol. The van der Waals surface area contributed by atoms with Crippen LogP contribution in [-0.2, 0) is 11.4 Å². The van der Waals surface area contributed by atoms with Gasteiger partial charge in [0.2, 0.25) is 5.75 Å². The number of ether oxygens (including phenoxy) is 4. The van der Waals surface area contributed by atoms with Gasteiger partial charge in [0.05, 0.1) is 21.3 Å². The quantitative estimate of drug-likeness (QED) is 0.477. The molecule has 0 aliphatic carbocycles. The van der Waals surface area contributed by atoms with E-state index in [4.69, 9.17) is 18.9 Å². The van der Waals surface area contributed by atoms with Gasteiger partial charge in [0.1, 0.15) is 12.9 Å². The Morgan fingerprint density at radius 2 is 1.55 bits per heavy atom. The van der Waals surface area contributed by atoms with E-state index in [1.54, 1.807) is 19.2 Å². The van der Waals surface area contributed by atoms with Gasteiger partial charge >= 0.3 is 0 Å². The van der Waals surface area contributed by atoms with Crippen LogP contribution in [-0.4, -0.2) is 32.7 Å². The molecule has 3 aromatic rings. The molecule has 0 saturated heterocycles. The molecule has 1 atom stereocenters. The predicted molar refractivity (Wildman–Crippen MR) is 118 cm³/mol. The number of aldehydes is 1. The molecule has 3 aromatic carbocycles. The Kier molecular flexibility index (Phi) is 7.38. The van der Waals surface area contributed by atoms with Crippen molar-refractivity contribution >= 4 is 6.29 Å². The molecule has 0 fully saturated rings.